The minimum Gasteiger partial charge on any atom is -0.378 e. The number of carbonyl (C=O) groups excluding carboxylic acids is 1. The molecule has 4 nitrogen and oxygen atoms in total. The molecular formula is C25H33N3O. The van der Waals surface area contributed by atoms with E-state index >= 15 is 0 Å². The van der Waals surface area contributed by atoms with Crippen molar-refractivity contribution in [2.75, 3.05) is 51.7 Å². The molecule has 29 heavy (non-hydrogen) atoms. The molecule has 1 spiro atoms. The predicted octanol–water partition coefficient (Wildman–Crippen LogP) is 3.92. The minimum absolute atomic E-state index is 0.187. The van der Waals surface area contributed by atoms with Crippen LogP contribution in [-0.4, -0.2) is 62.5 Å². The maximum Gasteiger partial charge on any atom is 0.253 e. The summed E-state index contributed by atoms with van der Waals surface area (Å²) in [5.74, 6) is 0.187. The number of anilines is 1. The first-order chi connectivity index (χ1) is 14.0. The maximum atomic E-state index is 13.1. The van der Waals surface area contributed by atoms with Crippen LogP contribution in [0.3, 0.4) is 0 Å². The van der Waals surface area contributed by atoms with Gasteiger partial charge in [0.05, 0.1) is 0 Å². The van der Waals surface area contributed by atoms with Gasteiger partial charge >= 0.3 is 0 Å². The van der Waals surface area contributed by atoms with E-state index in [9.17, 15) is 4.79 Å². The summed E-state index contributed by atoms with van der Waals surface area (Å²) in [4.78, 5) is 19.9. The fourth-order valence-corrected chi connectivity index (χ4v) is 4.97. The minimum atomic E-state index is 0.187. The third-order valence-corrected chi connectivity index (χ3v) is 6.64. The molecule has 2 aromatic rings. The summed E-state index contributed by atoms with van der Waals surface area (Å²) in [6.07, 6.45) is 4.73. The second-order valence-corrected chi connectivity index (χ2v) is 9.04. The summed E-state index contributed by atoms with van der Waals surface area (Å²) < 4.78 is 0. The lowest BCUT2D eigenvalue weighted by Gasteiger charge is -2.40. The van der Waals surface area contributed by atoms with Gasteiger partial charge in [-0.2, -0.15) is 0 Å². The van der Waals surface area contributed by atoms with Gasteiger partial charge in [-0.25, -0.2) is 0 Å². The number of nitrogens with zero attached hydrogens (tertiary/aromatic N) is 3. The van der Waals surface area contributed by atoms with E-state index in [0.29, 0.717) is 0 Å². The number of hydrogen-bond acceptors (Lipinski definition) is 3. The Morgan fingerprint density at radius 3 is 2.62 bits per heavy atom. The third-order valence-electron chi connectivity index (χ3n) is 6.64. The summed E-state index contributed by atoms with van der Waals surface area (Å²) in [6.45, 7) is 5.22. The van der Waals surface area contributed by atoms with Gasteiger partial charge in [0.1, 0.15) is 0 Å². The second kappa shape index (κ2) is 8.58. The lowest BCUT2D eigenvalue weighted by Crippen LogP contribution is -2.46. The van der Waals surface area contributed by atoms with Gasteiger partial charge in [0.15, 0.2) is 0 Å². The molecule has 0 saturated carbocycles. The summed E-state index contributed by atoms with van der Waals surface area (Å²) in [6, 6.07) is 18.8. The monoisotopic (exact) mass is 391 g/mol. The Labute approximate surface area is 175 Å². The smallest absolute Gasteiger partial charge is 0.253 e. The van der Waals surface area contributed by atoms with Crippen LogP contribution in [0.5, 0.6) is 0 Å². The van der Waals surface area contributed by atoms with Crippen molar-refractivity contribution in [1.82, 2.24) is 9.80 Å². The van der Waals surface area contributed by atoms with Crippen LogP contribution in [0, 0.1) is 5.41 Å². The molecule has 0 radical (unpaired) electrons. The highest BCUT2D eigenvalue weighted by molar-refractivity contribution is 5.95. The molecule has 0 unspecified atom stereocenters. The van der Waals surface area contributed by atoms with Crippen molar-refractivity contribution in [2.45, 2.75) is 25.7 Å². The maximum absolute atomic E-state index is 13.1. The number of piperidine rings is 1. The number of amides is 1. The first-order valence-corrected chi connectivity index (χ1v) is 10.9. The van der Waals surface area contributed by atoms with Crippen molar-refractivity contribution in [3.05, 3.63) is 65.7 Å². The highest BCUT2D eigenvalue weighted by Crippen LogP contribution is 2.39. The average molecular weight is 392 g/mol. The lowest BCUT2D eigenvalue weighted by atomic mass is 9.79. The average Bonchev–Trinajstić information content (AvgIpc) is 3.15. The molecule has 1 amide bonds. The lowest BCUT2D eigenvalue weighted by molar-refractivity contribution is 0.0692. The fraction of sp³-hybridized carbons (Fsp3) is 0.480. The molecular weight excluding hydrogens is 358 g/mol. The molecule has 2 aliphatic heterocycles. The van der Waals surface area contributed by atoms with Crippen LogP contribution in [0.1, 0.15) is 35.2 Å². The molecule has 0 aromatic heterocycles. The summed E-state index contributed by atoms with van der Waals surface area (Å²) in [5, 5.41) is 0. The number of hydrogen-bond donors (Lipinski definition) is 0. The van der Waals surface area contributed by atoms with Gasteiger partial charge in [-0.3, -0.25) is 4.79 Å². The van der Waals surface area contributed by atoms with E-state index in [4.69, 9.17) is 0 Å². The fourth-order valence-electron chi connectivity index (χ4n) is 4.97. The van der Waals surface area contributed by atoms with Gasteiger partial charge in [0.2, 0.25) is 0 Å². The summed E-state index contributed by atoms with van der Waals surface area (Å²) in [5.41, 5.74) is 3.58. The highest BCUT2D eigenvalue weighted by atomic mass is 16.2. The van der Waals surface area contributed by atoms with Crippen molar-refractivity contribution in [2.24, 2.45) is 5.41 Å². The Morgan fingerprint density at radius 2 is 1.83 bits per heavy atom. The quantitative estimate of drug-likeness (QED) is 0.773. The van der Waals surface area contributed by atoms with Gasteiger partial charge in [0, 0.05) is 56.9 Å². The molecule has 0 N–H and O–H groups in total. The zero-order chi connectivity index (χ0) is 20.3. The Balaban J connectivity index is 1.37. The van der Waals surface area contributed by atoms with Gasteiger partial charge in [0.25, 0.3) is 5.91 Å². The molecule has 2 saturated heterocycles. The van der Waals surface area contributed by atoms with E-state index in [1.807, 2.05) is 43.3 Å². The van der Waals surface area contributed by atoms with Gasteiger partial charge < -0.3 is 14.7 Å². The summed E-state index contributed by atoms with van der Waals surface area (Å²) >= 11 is 0. The number of rotatable bonds is 5. The van der Waals surface area contributed by atoms with Crippen molar-refractivity contribution in [3.8, 4) is 0 Å². The Bertz CT molecular complexity index is 835. The SMILES string of the molecule is CN(C)c1cccc(C(=O)N2CC[C@@]3(CCCN(CCc4ccccc4)C3)C2)c1. The van der Waals surface area contributed by atoms with Crippen molar-refractivity contribution in [3.63, 3.8) is 0 Å². The predicted molar refractivity (Wildman–Crippen MR) is 120 cm³/mol. The first kappa shape index (κ1) is 20.0. The van der Waals surface area contributed by atoms with E-state index in [0.717, 1.165) is 50.3 Å². The van der Waals surface area contributed by atoms with E-state index < -0.39 is 0 Å². The Morgan fingerprint density at radius 1 is 1.00 bits per heavy atom. The van der Waals surface area contributed by atoms with Crippen LogP contribution in [0.15, 0.2) is 54.6 Å². The number of likely N-dealkylation sites (tertiary alicyclic amines) is 2. The van der Waals surface area contributed by atoms with Gasteiger partial charge in [-0.05, 0) is 56.0 Å². The van der Waals surface area contributed by atoms with Crippen LogP contribution >= 0.6 is 0 Å². The molecule has 1 atom stereocenters. The largest absolute Gasteiger partial charge is 0.378 e. The number of benzene rings is 2. The van der Waals surface area contributed by atoms with Gasteiger partial charge in [-0.15, -0.1) is 0 Å². The molecule has 2 heterocycles. The number of carbonyl (C=O) groups is 1. The van der Waals surface area contributed by atoms with Crippen LogP contribution in [0.25, 0.3) is 0 Å². The Hall–Kier alpha value is -2.33. The first-order valence-electron chi connectivity index (χ1n) is 10.9. The van der Waals surface area contributed by atoms with E-state index in [1.165, 1.54) is 24.9 Å². The van der Waals surface area contributed by atoms with Crippen LogP contribution in [0.4, 0.5) is 5.69 Å². The van der Waals surface area contributed by atoms with Crippen molar-refractivity contribution < 1.29 is 4.79 Å². The van der Waals surface area contributed by atoms with Gasteiger partial charge in [-0.1, -0.05) is 36.4 Å². The van der Waals surface area contributed by atoms with Crippen LogP contribution < -0.4 is 4.90 Å². The zero-order valence-corrected chi connectivity index (χ0v) is 17.8. The van der Waals surface area contributed by atoms with E-state index in [-0.39, 0.29) is 11.3 Å². The zero-order valence-electron chi connectivity index (χ0n) is 17.8. The molecule has 2 aromatic carbocycles. The third kappa shape index (κ3) is 4.64. The molecule has 0 aliphatic carbocycles. The van der Waals surface area contributed by atoms with Crippen molar-refractivity contribution in [1.29, 1.82) is 0 Å². The highest BCUT2D eigenvalue weighted by Gasteiger charge is 2.42. The second-order valence-electron chi connectivity index (χ2n) is 9.04. The molecule has 0 bridgehead atoms. The molecule has 154 valence electrons. The normalized spacial score (nSPS) is 22.2. The molecule has 2 fully saturated rings. The topological polar surface area (TPSA) is 26.8 Å². The molecule has 4 rings (SSSR count). The standard InChI is InChI=1S/C25H33N3O/c1-26(2)23-11-6-10-22(18-23)24(29)28-17-14-25(20-28)13-7-15-27(19-25)16-12-21-8-4-3-5-9-21/h3-6,8-11,18H,7,12-17,19-20H2,1-2H3/t25-/m1/s1. The molecule has 4 heteroatoms. The van der Waals surface area contributed by atoms with Crippen LogP contribution in [-0.2, 0) is 6.42 Å². The Kier molecular flexibility index (Phi) is 5.91. The molecule has 2 aliphatic rings. The summed E-state index contributed by atoms with van der Waals surface area (Å²) in [7, 11) is 4.03. The van der Waals surface area contributed by atoms with E-state index in [2.05, 4.69) is 40.1 Å². The van der Waals surface area contributed by atoms with Crippen LogP contribution in [0.2, 0.25) is 0 Å². The van der Waals surface area contributed by atoms with E-state index in [1.54, 1.807) is 0 Å². The van der Waals surface area contributed by atoms with Crippen molar-refractivity contribution >= 4 is 11.6 Å².